The van der Waals surface area contributed by atoms with E-state index in [0.29, 0.717) is 6.61 Å². The number of para-hydroxylation sites is 1. The van der Waals surface area contributed by atoms with Crippen molar-refractivity contribution in [3.8, 4) is 5.75 Å². The molecule has 151 valence electrons. The molecule has 0 saturated heterocycles. The van der Waals surface area contributed by atoms with Crippen molar-refractivity contribution >= 4 is 3.81 Å². The van der Waals surface area contributed by atoms with Crippen LogP contribution in [0.2, 0.25) is 0 Å². The van der Waals surface area contributed by atoms with Crippen LogP contribution in [-0.4, -0.2) is 17.5 Å². The molecule has 3 heteroatoms. The molecule has 0 aliphatic heterocycles. The minimum atomic E-state index is 0.0432. The third kappa shape index (κ3) is 10.1. The average Bonchev–Trinajstić information content (AvgIpc) is 3.14. The maximum absolute atomic E-state index is 5.83. The maximum atomic E-state index is 5.83. The summed E-state index contributed by atoms with van der Waals surface area (Å²) in [5.41, 5.74) is 1.24. The van der Waals surface area contributed by atoms with E-state index in [1.54, 1.807) is 14.8 Å². The zero-order chi connectivity index (χ0) is 21.0. The van der Waals surface area contributed by atoms with Crippen LogP contribution < -0.4 is 4.74 Å². The molecule has 1 aliphatic carbocycles. The molecule has 0 atom stereocenters. The zero-order valence-electron chi connectivity index (χ0n) is 18.5. The second kappa shape index (κ2) is 12.8. The number of methoxy groups -OCH3 is 1. The van der Waals surface area contributed by atoms with Crippen LogP contribution in [0, 0.1) is 5.41 Å². The Hall–Kier alpha value is -1.64. The number of ether oxygens (including phenoxy) is 2. The van der Waals surface area contributed by atoms with Crippen molar-refractivity contribution < 1.29 is 28.2 Å². The molecule has 0 bridgehead atoms. The van der Waals surface area contributed by atoms with Crippen molar-refractivity contribution in [2.24, 2.45) is 5.41 Å². The van der Waals surface area contributed by atoms with Crippen molar-refractivity contribution in [3.05, 3.63) is 75.9 Å². The predicted molar refractivity (Wildman–Crippen MR) is 118 cm³/mol. The summed E-state index contributed by atoms with van der Waals surface area (Å²) in [6.45, 7) is 13.5. The van der Waals surface area contributed by atoms with Crippen LogP contribution in [0.4, 0.5) is 0 Å². The van der Waals surface area contributed by atoms with Gasteiger partial charge in [-0.1, -0.05) is 39.0 Å². The molecular weight excluding hydrogens is 380 g/mol. The predicted octanol–water partition coefficient (Wildman–Crippen LogP) is 6.71. The number of hydrogen-bond acceptors (Lipinski definition) is 2. The summed E-state index contributed by atoms with van der Waals surface area (Å²) in [5, 5.41) is 0. The quantitative estimate of drug-likeness (QED) is 0.292. The number of allylic oxidation sites excluding steroid dienone is 6. The summed E-state index contributed by atoms with van der Waals surface area (Å²) in [6, 6.07) is 9.86. The Morgan fingerprint density at radius 1 is 1.14 bits per heavy atom. The van der Waals surface area contributed by atoms with Crippen molar-refractivity contribution in [3.63, 3.8) is 0 Å². The van der Waals surface area contributed by atoms with Crippen molar-refractivity contribution in [2.45, 2.75) is 48.0 Å². The van der Waals surface area contributed by atoms with Gasteiger partial charge in [-0.25, -0.2) is 0 Å². The van der Waals surface area contributed by atoms with Gasteiger partial charge in [-0.2, -0.15) is 0 Å². The van der Waals surface area contributed by atoms with Gasteiger partial charge in [0, 0.05) is 0 Å². The van der Waals surface area contributed by atoms with Gasteiger partial charge in [-0.15, -0.1) is 0 Å². The second-order valence-corrected chi connectivity index (χ2v) is 10.8. The number of benzene rings is 1. The minimum absolute atomic E-state index is 0.0432. The van der Waals surface area contributed by atoms with Gasteiger partial charge in [-0.3, -0.25) is 0 Å². The topological polar surface area (TPSA) is 18.5 Å². The van der Waals surface area contributed by atoms with Crippen LogP contribution in [0.5, 0.6) is 5.75 Å². The van der Waals surface area contributed by atoms with Gasteiger partial charge >= 0.3 is 64.9 Å². The Balaban J connectivity index is 0.000000362. The van der Waals surface area contributed by atoms with E-state index in [4.69, 9.17) is 9.47 Å². The van der Waals surface area contributed by atoms with E-state index in [2.05, 4.69) is 58.9 Å². The van der Waals surface area contributed by atoms with Crippen LogP contribution in [0.1, 0.15) is 48.0 Å². The van der Waals surface area contributed by atoms with Crippen molar-refractivity contribution in [1.29, 1.82) is 0 Å². The summed E-state index contributed by atoms with van der Waals surface area (Å²) in [4.78, 5) is 0. The molecule has 0 saturated carbocycles. The SMILES string of the molecule is CC=C(C=C(COc1ccccc1)C(C)(C)C)OC.C[C](C)=[Ti][C]1=CC=CC1. The molecule has 0 fully saturated rings. The summed E-state index contributed by atoms with van der Waals surface area (Å²) < 4.78 is 14.4. The molecule has 0 spiro atoms. The fourth-order valence-electron chi connectivity index (χ4n) is 2.45. The molecule has 0 N–H and O–H groups in total. The van der Waals surface area contributed by atoms with Gasteiger partial charge in [0.15, 0.2) is 0 Å². The van der Waals surface area contributed by atoms with Gasteiger partial charge in [0.05, 0.1) is 7.11 Å². The van der Waals surface area contributed by atoms with Crippen LogP contribution in [0.3, 0.4) is 0 Å². The van der Waals surface area contributed by atoms with Gasteiger partial charge in [0.1, 0.15) is 18.1 Å². The van der Waals surface area contributed by atoms with E-state index < -0.39 is 0 Å². The molecule has 0 unspecified atom stereocenters. The standard InChI is InChI=1S/C17H24O2.C5H5.C3H6.Ti/c1-6-15(18-5)12-14(17(2,3)4)13-19-16-10-8-7-9-11-16;1-2-4-5-3-1;1-3-2;/h6-12H,13H2,1-5H3;1-3H,4H2;1-2H3;. The average molecular weight is 415 g/mol. The van der Waals surface area contributed by atoms with E-state index in [1.807, 2.05) is 43.3 Å². The molecule has 0 radical (unpaired) electrons. The number of rotatable bonds is 6. The Kier molecular flexibility index (Phi) is 11.1. The molecule has 28 heavy (non-hydrogen) atoms. The first kappa shape index (κ1) is 24.4. The van der Waals surface area contributed by atoms with E-state index >= 15 is 0 Å². The van der Waals surface area contributed by atoms with Crippen LogP contribution >= 0.6 is 0 Å². The zero-order valence-corrected chi connectivity index (χ0v) is 20.1. The molecule has 0 amide bonds. The summed E-state index contributed by atoms with van der Waals surface area (Å²) in [7, 11) is 1.68. The van der Waals surface area contributed by atoms with Crippen LogP contribution in [0.25, 0.3) is 0 Å². The van der Waals surface area contributed by atoms with Gasteiger partial charge < -0.3 is 9.47 Å². The summed E-state index contributed by atoms with van der Waals surface area (Å²) >= 11 is 0.153. The summed E-state index contributed by atoms with van der Waals surface area (Å²) in [6.07, 6.45) is 11.9. The Morgan fingerprint density at radius 3 is 2.29 bits per heavy atom. The molecule has 1 aromatic rings. The van der Waals surface area contributed by atoms with Gasteiger partial charge in [0.25, 0.3) is 0 Å². The molecule has 0 aromatic heterocycles. The first-order valence-corrected chi connectivity index (χ1v) is 11.3. The van der Waals surface area contributed by atoms with Gasteiger partial charge in [-0.05, 0) is 42.2 Å². The monoisotopic (exact) mass is 415 g/mol. The third-order valence-electron chi connectivity index (χ3n) is 4.12. The van der Waals surface area contributed by atoms with Gasteiger partial charge in [0.2, 0.25) is 0 Å². The van der Waals surface area contributed by atoms with Crippen LogP contribution in [-0.2, 0) is 23.4 Å². The molecule has 0 heterocycles. The molecule has 2 rings (SSSR count). The molecule has 2 nitrogen and oxygen atoms in total. The Labute approximate surface area is 180 Å². The number of hydrogen-bond donors (Lipinski definition) is 0. The Morgan fingerprint density at radius 2 is 1.82 bits per heavy atom. The molecule has 1 aliphatic rings. The van der Waals surface area contributed by atoms with Crippen molar-refractivity contribution in [1.82, 2.24) is 0 Å². The summed E-state index contributed by atoms with van der Waals surface area (Å²) in [5.74, 6) is 1.75. The van der Waals surface area contributed by atoms with E-state index in [0.717, 1.165) is 11.5 Å². The molecule has 1 aromatic carbocycles. The fourth-order valence-corrected chi connectivity index (χ4v) is 4.07. The van der Waals surface area contributed by atoms with Crippen LogP contribution in [0.15, 0.2) is 75.9 Å². The van der Waals surface area contributed by atoms with E-state index in [-0.39, 0.29) is 24.1 Å². The normalized spacial score (nSPS) is 13.9. The first-order chi connectivity index (χ1) is 13.3. The van der Waals surface area contributed by atoms with E-state index in [1.165, 1.54) is 12.0 Å². The second-order valence-electron chi connectivity index (χ2n) is 7.87. The third-order valence-corrected chi connectivity index (χ3v) is 5.98. The fraction of sp³-hybridized carbons (Fsp3) is 0.400. The Bertz CT molecular complexity index is 741. The first-order valence-electron chi connectivity index (χ1n) is 9.78. The van der Waals surface area contributed by atoms with E-state index in [9.17, 15) is 0 Å². The van der Waals surface area contributed by atoms with Crippen molar-refractivity contribution in [2.75, 3.05) is 13.7 Å². The molecular formula is C25H35O2Ti.